The average Bonchev–Trinajstić information content (AvgIpc) is 2.49. The van der Waals surface area contributed by atoms with Crippen molar-refractivity contribution < 1.29 is 14.5 Å². The van der Waals surface area contributed by atoms with Crippen LogP contribution in [0.25, 0.3) is 0 Å². The second kappa shape index (κ2) is 3.86. The van der Waals surface area contributed by atoms with Crippen LogP contribution in [0.2, 0.25) is 0 Å². The summed E-state index contributed by atoms with van der Waals surface area (Å²) in [6.07, 6.45) is 0.641. The molecule has 1 rings (SSSR count). The molecule has 0 saturated heterocycles. The number of H-pyrrole nitrogens is 1. The molecule has 7 nitrogen and oxygen atoms in total. The zero-order chi connectivity index (χ0) is 10.7. The molecule has 76 valence electrons. The van der Waals surface area contributed by atoms with Crippen molar-refractivity contribution in [2.24, 2.45) is 0 Å². The second-order valence-corrected chi connectivity index (χ2v) is 2.84. The molecular formula is C7H9N3O4. The fraction of sp³-hybridized carbons (Fsp3) is 0.429. The number of ether oxygens (including phenoxy) is 1. The van der Waals surface area contributed by atoms with E-state index in [1.807, 2.05) is 0 Å². The van der Waals surface area contributed by atoms with E-state index in [9.17, 15) is 14.9 Å². The molecule has 0 radical (unpaired) electrons. The number of carbonyl (C=O) groups is 1. The molecule has 0 amide bonds. The first-order valence-corrected chi connectivity index (χ1v) is 3.91. The van der Waals surface area contributed by atoms with E-state index in [1.165, 1.54) is 0 Å². The van der Waals surface area contributed by atoms with Gasteiger partial charge >= 0.3 is 11.7 Å². The third-order valence-electron chi connectivity index (χ3n) is 1.36. The lowest BCUT2D eigenvalue weighted by atomic mass is 10.4. The van der Waals surface area contributed by atoms with Crippen molar-refractivity contribution in [3.63, 3.8) is 0 Å². The third kappa shape index (κ3) is 2.06. The summed E-state index contributed by atoms with van der Waals surface area (Å²) < 4.78 is 4.77. The van der Waals surface area contributed by atoms with Gasteiger partial charge in [-0.05, 0) is 13.8 Å². The van der Waals surface area contributed by atoms with Crippen LogP contribution in [0.4, 0.5) is 5.69 Å². The van der Waals surface area contributed by atoms with Crippen molar-refractivity contribution in [3.05, 3.63) is 22.0 Å². The van der Waals surface area contributed by atoms with Gasteiger partial charge in [0, 0.05) is 0 Å². The second-order valence-electron chi connectivity index (χ2n) is 2.84. The Bertz CT molecular complexity index is 358. The SMILES string of the molecule is CC(C)OC(=O)c1[nH]ncc1[N+](=O)[O-]. The lowest BCUT2D eigenvalue weighted by molar-refractivity contribution is -0.385. The maximum absolute atomic E-state index is 11.2. The largest absolute Gasteiger partial charge is 0.458 e. The Morgan fingerprint density at radius 3 is 2.86 bits per heavy atom. The van der Waals surface area contributed by atoms with Crippen LogP contribution < -0.4 is 0 Å². The van der Waals surface area contributed by atoms with Crippen molar-refractivity contribution >= 4 is 11.7 Å². The highest BCUT2D eigenvalue weighted by molar-refractivity contribution is 5.91. The Labute approximate surface area is 79.2 Å². The van der Waals surface area contributed by atoms with E-state index in [4.69, 9.17) is 4.74 Å². The van der Waals surface area contributed by atoms with E-state index >= 15 is 0 Å². The minimum atomic E-state index is -0.774. The zero-order valence-corrected chi connectivity index (χ0v) is 7.68. The van der Waals surface area contributed by atoms with Crippen molar-refractivity contribution in [1.29, 1.82) is 0 Å². The van der Waals surface area contributed by atoms with E-state index in [0.717, 1.165) is 6.20 Å². The summed E-state index contributed by atoms with van der Waals surface area (Å²) in [5.41, 5.74) is -0.612. The Kier molecular flexibility index (Phi) is 2.80. The van der Waals surface area contributed by atoms with E-state index in [-0.39, 0.29) is 17.5 Å². The molecule has 1 heterocycles. The predicted octanol–water partition coefficient (Wildman–Crippen LogP) is 0.883. The lowest BCUT2D eigenvalue weighted by Gasteiger charge is -2.05. The van der Waals surface area contributed by atoms with Gasteiger partial charge in [0.1, 0.15) is 6.20 Å². The maximum Gasteiger partial charge on any atom is 0.363 e. The van der Waals surface area contributed by atoms with Gasteiger partial charge in [-0.15, -0.1) is 0 Å². The molecule has 0 spiro atoms. The van der Waals surface area contributed by atoms with Crippen molar-refractivity contribution in [1.82, 2.24) is 10.2 Å². The summed E-state index contributed by atoms with van der Waals surface area (Å²) in [5.74, 6) is -0.774. The summed E-state index contributed by atoms with van der Waals surface area (Å²) in [7, 11) is 0. The van der Waals surface area contributed by atoms with Crippen molar-refractivity contribution in [2.45, 2.75) is 20.0 Å². The highest BCUT2D eigenvalue weighted by Gasteiger charge is 2.24. The number of rotatable bonds is 3. The predicted molar refractivity (Wildman–Crippen MR) is 45.8 cm³/mol. The molecule has 0 aliphatic heterocycles. The molecule has 14 heavy (non-hydrogen) atoms. The van der Waals surface area contributed by atoms with Gasteiger partial charge in [0.2, 0.25) is 5.69 Å². The first-order chi connectivity index (χ1) is 6.52. The Morgan fingerprint density at radius 2 is 2.36 bits per heavy atom. The van der Waals surface area contributed by atoms with Crippen LogP contribution in [0.1, 0.15) is 24.3 Å². The average molecular weight is 199 g/mol. The summed E-state index contributed by atoms with van der Waals surface area (Å²) in [5, 5.41) is 16.0. The van der Waals surface area contributed by atoms with Crippen LogP contribution in [-0.2, 0) is 4.74 Å². The summed E-state index contributed by atoms with van der Waals surface area (Å²) in [6.45, 7) is 3.31. The normalized spacial score (nSPS) is 10.2. The van der Waals surface area contributed by atoms with Crippen LogP contribution in [0.5, 0.6) is 0 Å². The smallest absolute Gasteiger partial charge is 0.363 e. The topological polar surface area (TPSA) is 98.1 Å². The summed E-state index contributed by atoms with van der Waals surface area (Å²) >= 11 is 0. The van der Waals surface area contributed by atoms with Gasteiger partial charge in [-0.1, -0.05) is 0 Å². The first-order valence-electron chi connectivity index (χ1n) is 3.91. The summed E-state index contributed by atoms with van der Waals surface area (Å²) in [6, 6.07) is 0. The molecule has 0 fully saturated rings. The molecule has 0 aromatic carbocycles. The Balaban J connectivity index is 2.90. The highest BCUT2D eigenvalue weighted by atomic mass is 16.6. The zero-order valence-electron chi connectivity index (χ0n) is 7.68. The number of carbonyl (C=O) groups excluding carboxylic acids is 1. The van der Waals surface area contributed by atoms with Gasteiger partial charge < -0.3 is 4.74 Å². The van der Waals surface area contributed by atoms with E-state index in [1.54, 1.807) is 13.8 Å². The maximum atomic E-state index is 11.2. The number of aromatic amines is 1. The first kappa shape index (κ1) is 10.2. The van der Waals surface area contributed by atoms with Crippen molar-refractivity contribution in [2.75, 3.05) is 0 Å². The van der Waals surface area contributed by atoms with Gasteiger partial charge in [0.25, 0.3) is 0 Å². The Hall–Kier alpha value is -1.92. The van der Waals surface area contributed by atoms with E-state index in [2.05, 4.69) is 10.2 Å². The van der Waals surface area contributed by atoms with Gasteiger partial charge in [0.15, 0.2) is 0 Å². The van der Waals surface area contributed by atoms with Crippen LogP contribution >= 0.6 is 0 Å². The Morgan fingerprint density at radius 1 is 1.71 bits per heavy atom. The molecule has 0 saturated carbocycles. The standard InChI is InChI=1S/C7H9N3O4/c1-4(2)14-7(11)6-5(10(12)13)3-8-9-6/h3-4H,1-2H3,(H,8,9). The van der Waals surface area contributed by atoms with Crippen molar-refractivity contribution in [3.8, 4) is 0 Å². The quantitative estimate of drug-likeness (QED) is 0.442. The van der Waals surface area contributed by atoms with Crippen LogP contribution in [0.15, 0.2) is 6.20 Å². The number of hydrogen-bond donors (Lipinski definition) is 1. The lowest BCUT2D eigenvalue weighted by Crippen LogP contribution is -2.13. The molecule has 0 atom stereocenters. The molecular weight excluding hydrogens is 190 g/mol. The van der Waals surface area contributed by atoms with E-state index in [0.29, 0.717) is 0 Å². The molecule has 1 N–H and O–H groups in total. The number of hydrogen-bond acceptors (Lipinski definition) is 5. The molecule has 0 unspecified atom stereocenters. The van der Waals surface area contributed by atoms with Gasteiger partial charge in [-0.2, -0.15) is 5.10 Å². The number of nitro groups is 1. The molecule has 1 aromatic heterocycles. The fourth-order valence-corrected chi connectivity index (χ4v) is 0.841. The molecule has 1 aromatic rings. The number of nitrogens with zero attached hydrogens (tertiary/aromatic N) is 2. The minimum absolute atomic E-state index is 0.233. The minimum Gasteiger partial charge on any atom is -0.458 e. The highest BCUT2D eigenvalue weighted by Crippen LogP contribution is 2.15. The third-order valence-corrected chi connectivity index (χ3v) is 1.36. The summed E-state index contributed by atoms with van der Waals surface area (Å²) in [4.78, 5) is 21.0. The van der Waals surface area contributed by atoms with Gasteiger partial charge in [-0.3, -0.25) is 15.2 Å². The van der Waals surface area contributed by atoms with Gasteiger partial charge in [-0.25, -0.2) is 4.79 Å². The number of esters is 1. The molecule has 0 aliphatic rings. The van der Waals surface area contributed by atoms with E-state index < -0.39 is 10.9 Å². The fourth-order valence-electron chi connectivity index (χ4n) is 0.841. The molecule has 0 bridgehead atoms. The monoisotopic (exact) mass is 199 g/mol. The molecule has 7 heteroatoms. The van der Waals surface area contributed by atoms with Crippen LogP contribution in [0.3, 0.4) is 0 Å². The van der Waals surface area contributed by atoms with Crippen LogP contribution in [-0.4, -0.2) is 27.2 Å². The van der Waals surface area contributed by atoms with Crippen LogP contribution in [0, 0.1) is 10.1 Å². The number of aromatic nitrogens is 2. The van der Waals surface area contributed by atoms with Gasteiger partial charge in [0.05, 0.1) is 11.0 Å². The molecule has 0 aliphatic carbocycles. The number of nitrogens with one attached hydrogen (secondary N) is 1.